The van der Waals surface area contributed by atoms with Crippen LogP contribution in [0.4, 0.5) is 5.69 Å². The van der Waals surface area contributed by atoms with Crippen molar-refractivity contribution in [2.75, 3.05) is 0 Å². The lowest BCUT2D eigenvalue weighted by Gasteiger charge is -2.04. The third-order valence-electron chi connectivity index (χ3n) is 1.74. The summed E-state index contributed by atoms with van der Waals surface area (Å²) in [6.07, 6.45) is 0. The largest absolute Gasteiger partial charge is 0.282 e. The van der Waals surface area contributed by atoms with Gasteiger partial charge in [-0.05, 0) is 47.1 Å². The molecule has 0 aromatic heterocycles. The molecule has 1 radical (unpaired) electrons. The quantitative estimate of drug-likeness (QED) is 0.477. The van der Waals surface area contributed by atoms with Gasteiger partial charge in [0.25, 0.3) is 5.69 Å². The number of nitro groups is 1. The summed E-state index contributed by atoms with van der Waals surface area (Å²) in [7, 11) is 0. The van der Waals surface area contributed by atoms with E-state index in [0.29, 0.717) is 3.57 Å². The van der Waals surface area contributed by atoms with Crippen LogP contribution in [0.2, 0.25) is 0 Å². The van der Waals surface area contributed by atoms with E-state index in [0.717, 1.165) is 5.56 Å². The summed E-state index contributed by atoms with van der Waals surface area (Å²) in [4.78, 5) is 10.2. The number of rotatable bonds is 2. The minimum absolute atomic E-state index is 0.0794. The average Bonchev–Trinajstić information content (AvgIpc) is 2.04. The molecule has 0 bridgehead atoms. The first-order valence-corrected chi connectivity index (χ1v) is 4.87. The summed E-state index contributed by atoms with van der Waals surface area (Å²) in [6, 6.07) is 5.20. The Kier molecular flexibility index (Phi) is 3.24. The van der Waals surface area contributed by atoms with Crippen LogP contribution in [0, 0.1) is 20.6 Å². The van der Waals surface area contributed by atoms with Gasteiger partial charge in [-0.2, -0.15) is 0 Å². The van der Waals surface area contributed by atoms with Gasteiger partial charge in [0.05, 0.1) is 8.49 Å². The molecule has 0 amide bonds. The predicted octanol–water partition coefficient (Wildman–Crippen LogP) is 3.14. The lowest BCUT2D eigenvalue weighted by Crippen LogP contribution is -1.95. The molecule has 0 saturated carbocycles. The molecule has 0 aliphatic rings. The van der Waals surface area contributed by atoms with Gasteiger partial charge in [0.15, 0.2) is 0 Å². The normalized spacial score (nSPS) is 10.5. The van der Waals surface area contributed by atoms with E-state index < -0.39 is 0 Å². The van der Waals surface area contributed by atoms with Crippen molar-refractivity contribution >= 4 is 28.3 Å². The molecule has 0 spiro atoms. The molecule has 0 aliphatic carbocycles. The number of halogens is 1. The fraction of sp³-hybridized carbons (Fsp3) is 0.222. The van der Waals surface area contributed by atoms with Crippen molar-refractivity contribution in [2.45, 2.75) is 12.8 Å². The van der Waals surface area contributed by atoms with Crippen LogP contribution in [0.15, 0.2) is 18.2 Å². The highest BCUT2D eigenvalue weighted by molar-refractivity contribution is 14.1. The maximum absolute atomic E-state index is 10.6. The monoisotopic (exact) mass is 290 g/mol. The Balaban J connectivity index is 3.19. The minimum atomic E-state index is -0.367. The number of nitrogens with zero attached hydrogens (tertiary/aromatic N) is 1. The fourth-order valence-electron chi connectivity index (χ4n) is 0.976. The van der Waals surface area contributed by atoms with Crippen LogP contribution in [0.25, 0.3) is 0 Å². The van der Waals surface area contributed by atoms with Crippen molar-refractivity contribution in [3.63, 3.8) is 0 Å². The van der Waals surface area contributed by atoms with E-state index in [1.807, 2.05) is 35.6 Å². The zero-order chi connectivity index (χ0) is 10.0. The van der Waals surface area contributed by atoms with Gasteiger partial charge in [-0.25, -0.2) is 0 Å². The predicted molar refractivity (Wildman–Crippen MR) is 59.6 cm³/mol. The zero-order valence-corrected chi connectivity index (χ0v) is 9.32. The van der Waals surface area contributed by atoms with Gasteiger partial charge >= 0.3 is 0 Å². The number of hydrogen-bond acceptors (Lipinski definition) is 2. The van der Waals surface area contributed by atoms with Crippen molar-refractivity contribution in [3.05, 3.63) is 44.4 Å². The highest BCUT2D eigenvalue weighted by Gasteiger charge is 2.13. The van der Waals surface area contributed by atoms with Crippen LogP contribution in [0.1, 0.15) is 18.4 Å². The molecular formula is C9H9INO2. The molecule has 1 unspecified atom stereocenters. The Morgan fingerprint density at radius 1 is 1.62 bits per heavy atom. The summed E-state index contributed by atoms with van der Waals surface area (Å²) in [5.74, 6) is 0.0794. The van der Waals surface area contributed by atoms with Crippen molar-refractivity contribution in [1.82, 2.24) is 0 Å². The Hall–Kier alpha value is -0.650. The second-order valence-electron chi connectivity index (χ2n) is 2.87. The first-order chi connectivity index (χ1) is 6.02. The number of hydrogen-bond donors (Lipinski definition) is 0. The van der Waals surface area contributed by atoms with E-state index in [2.05, 4.69) is 6.92 Å². The molecule has 1 aromatic rings. The maximum atomic E-state index is 10.6. The standard InChI is InChI=1S/C9H9INO2/c1-6(2)7-3-4-8(10)9(5-7)11(12)13/h3-6H,1H2,2H3. The van der Waals surface area contributed by atoms with Crippen molar-refractivity contribution in [1.29, 1.82) is 0 Å². The molecule has 13 heavy (non-hydrogen) atoms. The second kappa shape index (κ2) is 4.04. The first-order valence-electron chi connectivity index (χ1n) is 3.79. The highest BCUT2D eigenvalue weighted by Crippen LogP contribution is 2.25. The molecule has 3 nitrogen and oxygen atoms in total. The molecule has 0 fully saturated rings. The van der Waals surface area contributed by atoms with Crippen LogP contribution in [-0.4, -0.2) is 4.92 Å². The van der Waals surface area contributed by atoms with E-state index in [-0.39, 0.29) is 16.5 Å². The molecule has 0 N–H and O–H groups in total. The van der Waals surface area contributed by atoms with Gasteiger partial charge in [-0.1, -0.05) is 13.0 Å². The SMILES string of the molecule is [CH2]C(C)c1ccc(I)c([N+](=O)[O-])c1. The van der Waals surface area contributed by atoms with E-state index in [1.54, 1.807) is 12.1 Å². The topological polar surface area (TPSA) is 43.1 Å². The van der Waals surface area contributed by atoms with Gasteiger partial charge < -0.3 is 0 Å². The lowest BCUT2D eigenvalue weighted by molar-refractivity contribution is -0.385. The Morgan fingerprint density at radius 3 is 2.69 bits per heavy atom. The van der Waals surface area contributed by atoms with Gasteiger partial charge in [-0.3, -0.25) is 10.1 Å². The summed E-state index contributed by atoms with van der Waals surface area (Å²) in [5, 5.41) is 10.6. The van der Waals surface area contributed by atoms with E-state index >= 15 is 0 Å². The summed E-state index contributed by atoms with van der Waals surface area (Å²) >= 11 is 1.95. The Morgan fingerprint density at radius 2 is 2.23 bits per heavy atom. The Bertz CT molecular complexity index is 336. The molecule has 0 aliphatic heterocycles. The third kappa shape index (κ3) is 2.40. The highest BCUT2D eigenvalue weighted by atomic mass is 127. The van der Waals surface area contributed by atoms with Crippen molar-refractivity contribution < 1.29 is 4.92 Å². The summed E-state index contributed by atoms with van der Waals surface area (Å²) < 4.78 is 0.659. The van der Waals surface area contributed by atoms with Gasteiger partial charge in [0.1, 0.15) is 0 Å². The molecule has 1 atom stereocenters. The molecule has 0 saturated heterocycles. The molecule has 69 valence electrons. The molecule has 1 rings (SSSR count). The molecular weight excluding hydrogens is 281 g/mol. The summed E-state index contributed by atoms with van der Waals surface area (Å²) in [6.45, 7) is 5.72. The van der Waals surface area contributed by atoms with Crippen LogP contribution < -0.4 is 0 Å². The first kappa shape index (κ1) is 10.4. The zero-order valence-electron chi connectivity index (χ0n) is 7.16. The average molecular weight is 290 g/mol. The second-order valence-corrected chi connectivity index (χ2v) is 4.03. The fourth-order valence-corrected chi connectivity index (χ4v) is 1.51. The van der Waals surface area contributed by atoms with E-state index in [1.165, 1.54) is 0 Å². The van der Waals surface area contributed by atoms with Crippen LogP contribution in [-0.2, 0) is 0 Å². The van der Waals surface area contributed by atoms with E-state index in [4.69, 9.17) is 0 Å². The van der Waals surface area contributed by atoms with Gasteiger partial charge in [0, 0.05) is 6.07 Å². The smallest absolute Gasteiger partial charge is 0.258 e. The summed E-state index contributed by atoms with van der Waals surface area (Å²) in [5.41, 5.74) is 1.06. The van der Waals surface area contributed by atoms with Crippen LogP contribution >= 0.6 is 22.6 Å². The maximum Gasteiger partial charge on any atom is 0.282 e. The molecule has 4 heteroatoms. The lowest BCUT2D eigenvalue weighted by atomic mass is 10.0. The third-order valence-corrected chi connectivity index (χ3v) is 2.65. The van der Waals surface area contributed by atoms with Crippen LogP contribution in [0.5, 0.6) is 0 Å². The molecule has 0 heterocycles. The Labute approximate surface area is 90.4 Å². The van der Waals surface area contributed by atoms with Crippen molar-refractivity contribution in [3.8, 4) is 0 Å². The van der Waals surface area contributed by atoms with Gasteiger partial charge in [-0.15, -0.1) is 0 Å². The number of nitro benzene ring substituents is 1. The molecule has 1 aromatic carbocycles. The van der Waals surface area contributed by atoms with Gasteiger partial charge in [0.2, 0.25) is 0 Å². The number of benzene rings is 1. The van der Waals surface area contributed by atoms with Crippen molar-refractivity contribution in [2.24, 2.45) is 0 Å². The van der Waals surface area contributed by atoms with Crippen LogP contribution in [0.3, 0.4) is 0 Å². The minimum Gasteiger partial charge on any atom is -0.258 e. The van der Waals surface area contributed by atoms with E-state index in [9.17, 15) is 10.1 Å².